The first kappa shape index (κ1) is 34.7. The van der Waals surface area contributed by atoms with Gasteiger partial charge in [-0.15, -0.1) is 35.9 Å². The van der Waals surface area contributed by atoms with Crippen LogP contribution in [0.5, 0.6) is 46.0 Å². The van der Waals surface area contributed by atoms with E-state index in [-0.39, 0.29) is 33.2 Å². The minimum Gasteiger partial charge on any atom is -0.510 e. The Bertz CT molecular complexity index is 3540. The maximum atomic E-state index is 6.91. The Labute approximate surface area is 364 Å². The third kappa shape index (κ3) is 4.59. The van der Waals surface area contributed by atoms with Gasteiger partial charge in [0.2, 0.25) is 0 Å². The molecule has 0 N–H and O–H groups in total. The standard InChI is InChI=1S/C51H29BN4O4.Pt/c1-51(2)34-23-22-32(26-37(34)55-28-54(29-11-4-3-5-12-29)36-17-7-16-35(51)48(36)55)57-31-14-6-13-30(25-31)56-38-27-43-47-49(44(38)33-15-10-24-53-50(33)56)60-42-21-9-19-40-46(42)52(47)45-39(58-40)18-8-20-41(45)59-43;/h3-24,27H,1-2H3;/q-2;. The van der Waals surface area contributed by atoms with Gasteiger partial charge in [-0.25, -0.2) is 4.98 Å². The molecule has 3 aromatic heterocycles. The Balaban J connectivity index is 0.00000381. The van der Waals surface area contributed by atoms with Gasteiger partial charge in [0.05, 0.1) is 27.6 Å². The SMILES string of the molecule is CC1(C)c2ccc(Oc3[c-]c(-n4c5cc6c7c(c5c5cccnc54)Oc4cccc5c4B7c4c(cccc4O6)O5)ccc3)[c-]c2-n2[c-][n+](-c3ccccc3)c3cccc1c32.[Pt]. The van der Waals surface area contributed by atoms with E-state index < -0.39 is 0 Å². The van der Waals surface area contributed by atoms with E-state index in [2.05, 4.69) is 107 Å². The summed E-state index contributed by atoms with van der Waals surface area (Å²) in [6.07, 6.45) is 5.47. The fraction of sp³-hybridized carbons (Fsp3) is 0.0588. The van der Waals surface area contributed by atoms with Crippen LogP contribution in [0.15, 0.2) is 140 Å². The first-order chi connectivity index (χ1) is 29.5. The smallest absolute Gasteiger partial charge is 0.270 e. The summed E-state index contributed by atoms with van der Waals surface area (Å²) in [6, 6.07) is 52.4. The van der Waals surface area contributed by atoms with E-state index in [1.807, 2.05) is 79.0 Å². The molecule has 14 rings (SSSR count). The van der Waals surface area contributed by atoms with Crippen molar-refractivity contribution < 1.29 is 44.6 Å². The molecule has 0 amide bonds. The van der Waals surface area contributed by atoms with Gasteiger partial charge in [0.1, 0.15) is 40.1 Å². The third-order valence-corrected chi connectivity index (χ3v) is 12.7. The quantitative estimate of drug-likeness (QED) is 0.100. The molecule has 8 nitrogen and oxygen atoms in total. The number of pyridine rings is 1. The zero-order chi connectivity index (χ0) is 39.4. The molecule has 7 heterocycles. The molecule has 0 spiro atoms. The summed E-state index contributed by atoms with van der Waals surface area (Å²) in [7, 11) is 0. The molecule has 0 saturated heterocycles. The van der Waals surface area contributed by atoms with Crippen molar-refractivity contribution in [3.63, 3.8) is 0 Å². The van der Waals surface area contributed by atoms with Crippen molar-refractivity contribution in [3.8, 4) is 63.1 Å². The molecular formula is C51H29BN4O4Pt-2. The molecule has 61 heavy (non-hydrogen) atoms. The molecule has 4 aliphatic heterocycles. The van der Waals surface area contributed by atoms with Crippen LogP contribution in [0.2, 0.25) is 0 Å². The van der Waals surface area contributed by atoms with Gasteiger partial charge in [-0.05, 0) is 65.2 Å². The predicted octanol–water partition coefficient (Wildman–Crippen LogP) is 9.06. The van der Waals surface area contributed by atoms with Crippen LogP contribution in [0.25, 0.3) is 50.0 Å². The summed E-state index contributed by atoms with van der Waals surface area (Å²) >= 11 is 0. The van der Waals surface area contributed by atoms with Gasteiger partial charge in [-0.1, -0.05) is 68.1 Å². The molecule has 10 aromatic rings. The van der Waals surface area contributed by atoms with Gasteiger partial charge in [-0.2, -0.15) is 12.1 Å². The van der Waals surface area contributed by atoms with Gasteiger partial charge in [-0.3, -0.25) is 4.57 Å². The number of aromatic nitrogens is 4. The van der Waals surface area contributed by atoms with Crippen LogP contribution in [-0.2, 0) is 26.5 Å². The molecule has 0 bridgehead atoms. The zero-order valence-electron chi connectivity index (χ0n) is 32.6. The fourth-order valence-electron chi connectivity index (χ4n) is 10.1. The third-order valence-electron chi connectivity index (χ3n) is 12.7. The van der Waals surface area contributed by atoms with E-state index >= 15 is 0 Å². The first-order valence-corrected chi connectivity index (χ1v) is 20.1. The number of para-hydroxylation sites is 2. The van der Waals surface area contributed by atoms with E-state index in [4.69, 9.17) is 23.9 Å². The molecule has 0 aliphatic carbocycles. The number of hydrogen-bond acceptors (Lipinski definition) is 5. The molecule has 0 radical (unpaired) electrons. The summed E-state index contributed by atoms with van der Waals surface area (Å²) in [6.45, 7) is 4.44. The largest absolute Gasteiger partial charge is 0.510 e. The second-order valence-corrected chi connectivity index (χ2v) is 16.3. The van der Waals surface area contributed by atoms with Crippen LogP contribution in [0, 0.1) is 18.5 Å². The monoisotopic (exact) mass is 967 g/mol. The van der Waals surface area contributed by atoms with Crippen LogP contribution in [0.3, 0.4) is 0 Å². The molecule has 10 heteroatoms. The van der Waals surface area contributed by atoms with Crippen molar-refractivity contribution in [2.24, 2.45) is 0 Å². The van der Waals surface area contributed by atoms with Crippen molar-refractivity contribution in [3.05, 3.63) is 169 Å². The predicted molar refractivity (Wildman–Crippen MR) is 230 cm³/mol. The molecule has 0 unspecified atom stereocenters. The van der Waals surface area contributed by atoms with Crippen molar-refractivity contribution in [1.29, 1.82) is 0 Å². The van der Waals surface area contributed by atoms with Crippen molar-refractivity contribution in [2.45, 2.75) is 19.3 Å². The van der Waals surface area contributed by atoms with Gasteiger partial charge in [0.15, 0.2) is 0 Å². The number of ether oxygens (including phenoxy) is 4. The molecular weight excluding hydrogens is 938 g/mol. The number of hydrogen-bond donors (Lipinski definition) is 0. The zero-order valence-corrected chi connectivity index (χ0v) is 34.9. The molecule has 0 fully saturated rings. The maximum Gasteiger partial charge on any atom is 0.270 e. The van der Waals surface area contributed by atoms with Crippen LogP contribution >= 0.6 is 0 Å². The van der Waals surface area contributed by atoms with Crippen LogP contribution in [0.1, 0.15) is 25.0 Å². The van der Waals surface area contributed by atoms with Crippen LogP contribution in [0.4, 0.5) is 0 Å². The van der Waals surface area contributed by atoms with E-state index in [9.17, 15) is 0 Å². The summed E-state index contributed by atoms with van der Waals surface area (Å²) in [5, 5.41) is 1.92. The van der Waals surface area contributed by atoms with Gasteiger partial charge in [0, 0.05) is 66.6 Å². The first-order valence-electron chi connectivity index (χ1n) is 20.1. The average Bonchev–Trinajstić information content (AvgIpc) is 3.83. The Morgan fingerprint density at radius 3 is 2.20 bits per heavy atom. The summed E-state index contributed by atoms with van der Waals surface area (Å²) < 4.78 is 33.1. The molecule has 0 atom stereocenters. The molecule has 4 aliphatic rings. The summed E-state index contributed by atoms with van der Waals surface area (Å²) in [5.74, 6) is 5.79. The fourth-order valence-corrected chi connectivity index (χ4v) is 10.1. The van der Waals surface area contributed by atoms with Crippen molar-refractivity contribution in [1.82, 2.24) is 14.1 Å². The van der Waals surface area contributed by atoms with E-state index in [1.165, 1.54) is 5.56 Å². The van der Waals surface area contributed by atoms with E-state index in [0.29, 0.717) is 11.5 Å². The number of nitrogens with zero attached hydrogens (tertiary/aromatic N) is 4. The molecule has 7 aromatic carbocycles. The molecule has 0 saturated carbocycles. The van der Waals surface area contributed by atoms with Gasteiger partial charge < -0.3 is 28.1 Å². The van der Waals surface area contributed by atoms with Crippen LogP contribution in [-0.4, -0.2) is 20.8 Å². The Morgan fingerprint density at radius 1 is 0.672 bits per heavy atom. The number of rotatable bonds is 4. The van der Waals surface area contributed by atoms with E-state index in [0.717, 1.165) is 106 Å². The number of benzene rings is 7. The van der Waals surface area contributed by atoms with Gasteiger partial charge >= 0.3 is 0 Å². The second kappa shape index (κ2) is 12.2. The maximum absolute atomic E-state index is 6.91. The molecule has 292 valence electrons. The van der Waals surface area contributed by atoms with Crippen molar-refractivity contribution in [2.75, 3.05) is 0 Å². The Hall–Kier alpha value is -7.09. The van der Waals surface area contributed by atoms with E-state index in [1.54, 1.807) is 0 Å². The minimum absolute atomic E-state index is 0. The van der Waals surface area contributed by atoms with Crippen molar-refractivity contribution >= 4 is 56.1 Å². The minimum atomic E-state index is -0.276. The second-order valence-electron chi connectivity index (χ2n) is 16.3. The summed E-state index contributed by atoms with van der Waals surface area (Å²) in [4.78, 5) is 4.95. The Kier molecular flexibility index (Phi) is 6.97. The van der Waals surface area contributed by atoms with Crippen LogP contribution < -0.4 is 39.9 Å². The number of imidazole rings is 1. The normalized spacial score (nSPS) is 14.1. The van der Waals surface area contributed by atoms with Gasteiger partial charge in [0.25, 0.3) is 13.0 Å². The number of fused-ring (bicyclic) bond motifs is 6. The topological polar surface area (TPSA) is 63.6 Å². The summed E-state index contributed by atoms with van der Waals surface area (Å²) in [5.41, 5.74) is 11.7. The average molecular weight is 968 g/mol. The Morgan fingerprint density at radius 2 is 1.39 bits per heavy atom.